The van der Waals surface area contributed by atoms with Crippen LogP contribution in [0.2, 0.25) is 0 Å². The number of aromatic nitrogens is 2. The highest BCUT2D eigenvalue weighted by Crippen LogP contribution is 2.44. The number of aryl methyl sites for hydroxylation is 1. The van der Waals surface area contributed by atoms with Crippen molar-refractivity contribution >= 4 is 17.8 Å². The summed E-state index contributed by atoms with van der Waals surface area (Å²) in [6, 6.07) is 9.44. The maximum Gasteiger partial charge on any atom is 0.314 e. The molecule has 2 saturated heterocycles. The summed E-state index contributed by atoms with van der Waals surface area (Å²) in [6.07, 6.45) is 4.87. The topological polar surface area (TPSA) is 75.6 Å². The number of likely N-dealkylation sites (tertiary alicyclic amines) is 1. The van der Waals surface area contributed by atoms with E-state index in [1.54, 1.807) is 18.5 Å². The Morgan fingerprint density at radius 3 is 2.67 bits per heavy atom. The Morgan fingerprint density at radius 1 is 1.17 bits per heavy atom. The van der Waals surface area contributed by atoms with Crippen LogP contribution >= 0.6 is 0 Å². The Labute approximate surface area is 177 Å². The minimum absolute atomic E-state index is 0.0298. The highest BCUT2D eigenvalue weighted by molar-refractivity contribution is 5.95. The normalized spacial score (nSPS) is 23.6. The van der Waals surface area contributed by atoms with Gasteiger partial charge in [0.1, 0.15) is 0 Å². The molecule has 158 valence electrons. The first-order valence-corrected chi connectivity index (χ1v) is 10.6. The summed E-state index contributed by atoms with van der Waals surface area (Å²) in [4.78, 5) is 39.1. The molecule has 2 atom stereocenters. The van der Waals surface area contributed by atoms with E-state index in [4.69, 9.17) is 4.74 Å². The van der Waals surface area contributed by atoms with E-state index < -0.39 is 5.41 Å². The van der Waals surface area contributed by atoms with Gasteiger partial charge in [-0.1, -0.05) is 18.2 Å². The summed E-state index contributed by atoms with van der Waals surface area (Å²) in [6.45, 7) is 6.45. The van der Waals surface area contributed by atoms with Crippen molar-refractivity contribution in [2.75, 3.05) is 37.7 Å². The zero-order valence-electron chi connectivity index (χ0n) is 17.6. The van der Waals surface area contributed by atoms with Gasteiger partial charge in [0.25, 0.3) is 5.91 Å². The molecule has 0 saturated carbocycles. The SMILES string of the molecule is CCOC(=O)[C@]12CCCN(C(=O)c3ccccc3C)C[C@H]1CN(c1ncccn1)C2. The van der Waals surface area contributed by atoms with Gasteiger partial charge in [-0.2, -0.15) is 0 Å². The number of benzene rings is 1. The van der Waals surface area contributed by atoms with Crippen molar-refractivity contribution in [3.8, 4) is 0 Å². The minimum atomic E-state index is -0.643. The Morgan fingerprint density at radius 2 is 1.93 bits per heavy atom. The van der Waals surface area contributed by atoms with Crippen molar-refractivity contribution in [2.24, 2.45) is 11.3 Å². The second kappa shape index (κ2) is 8.42. The lowest BCUT2D eigenvalue weighted by atomic mass is 9.75. The van der Waals surface area contributed by atoms with Crippen molar-refractivity contribution in [1.82, 2.24) is 14.9 Å². The number of rotatable bonds is 4. The van der Waals surface area contributed by atoms with E-state index in [0.717, 1.165) is 17.5 Å². The van der Waals surface area contributed by atoms with Gasteiger partial charge in [-0.05, 0) is 44.4 Å². The molecule has 2 aliphatic rings. The first kappa shape index (κ1) is 20.3. The fourth-order valence-electron chi connectivity index (χ4n) is 4.82. The first-order valence-electron chi connectivity index (χ1n) is 10.6. The standard InChI is InChI=1S/C23H28N4O3/c1-3-30-21(29)23-10-6-13-26(20(28)19-9-5-4-8-17(19)2)14-18(23)15-27(16-23)22-24-11-7-12-25-22/h4-5,7-9,11-12,18H,3,6,10,13-16H2,1-2H3/t18-,23-/m0/s1. The number of anilines is 1. The predicted octanol–water partition coefficient (Wildman–Crippen LogP) is 2.71. The van der Waals surface area contributed by atoms with Crippen molar-refractivity contribution in [2.45, 2.75) is 26.7 Å². The number of esters is 1. The number of hydrogen-bond acceptors (Lipinski definition) is 6. The average molecular weight is 409 g/mol. The number of carbonyl (C=O) groups excluding carboxylic acids is 2. The van der Waals surface area contributed by atoms with E-state index in [1.807, 2.05) is 43.0 Å². The highest BCUT2D eigenvalue weighted by atomic mass is 16.5. The number of ether oxygens (including phenoxy) is 1. The number of hydrogen-bond donors (Lipinski definition) is 0. The molecule has 1 amide bonds. The molecule has 1 aromatic heterocycles. The van der Waals surface area contributed by atoms with Gasteiger partial charge >= 0.3 is 5.97 Å². The molecular weight excluding hydrogens is 380 g/mol. The second-order valence-corrected chi connectivity index (χ2v) is 8.17. The number of fused-ring (bicyclic) bond motifs is 1. The van der Waals surface area contributed by atoms with E-state index in [1.165, 1.54) is 0 Å². The largest absolute Gasteiger partial charge is 0.466 e. The summed E-state index contributed by atoms with van der Waals surface area (Å²) in [5, 5.41) is 0. The summed E-state index contributed by atoms with van der Waals surface area (Å²) >= 11 is 0. The first-order chi connectivity index (χ1) is 14.5. The van der Waals surface area contributed by atoms with Crippen LogP contribution in [0.15, 0.2) is 42.7 Å². The fraction of sp³-hybridized carbons (Fsp3) is 0.478. The quantitative estimate of drug-likeness (QED) is 0.724. The van der Waals surface area contributed by atoms with Crippen LogP contribution in [0.25, 0.3) is 0 Å². The molecular formula is C23H28N4O3. The summed E-state index contributed by atoms with van der Waals surface area (Å²) in [5.41, 5.74) is 1.05. The lowest BCUT2D eigenvalue weighted by Gasteiger charge is -2.31. The molecule has 0 aliphatic carbocycles. The van der Waals surface area contributed by atoms with Gasteiger partial charge in [-0.3, -0.25) is 9.59 Å². The maximum atomic E-state index is 13.3. The molecule has 4 rings (SSSR count). The Hall–Kier alpha value is -2.96. The number of nitrogens with zero attached hydrogens (tertiary/aromatic N) is 4. The lowest BCUT2D eigenvalue weighted by molar-refractivity contribution is -0.157. The second-order valence-electron chi connectivity index (χ2n) is 8.17. The van der Waals surface area contributed by atoms with Gasteiger partial charge in [0.15, 0.2) is 0 Å². The van der Waals surface area contributed by atoms with Gasteiger partial charge < -0.3 is 14.5 Å². The van der Waals surface area contributed by atoms with Crippen molar-refractivity contribution < 1.29 is 14.3 Å². The molecule has 2 aromatic rings. The van der Waals surface area contributed by atoms with E-state index >= 15 is 0 Å². The van der Waals surface area contributed by atoms with Crippen LogP contribution in [0.1, 0.15) is 35.7 Å². The lowest BCUT2D eigenvalue weighted by Crippen LogP contribution is -2.43. The molecule has 7 nitrogen and oxygen atoms in total. The van der Waals surface area contributed by atoms with Gasteiger partial charge in [-0.15, -0.1) is 0 Å². The summed E-state index contributed by atoms with van der Waals surface area (Å²) < 4.78 is 5.52. The molecule has 7 heteroatoms. The third-order valence-electron chi connectivity index (χ3n) is 6.37. The van der Waals surface area contributed by atoms with E-state index in [2.05, 4.69) is 14.9 Å². The van der Waals surface area contributed by atoms with Crippen LogP contribution < -0.4 is 4.90 Å². The van der Waals surface area contributed by atoms with Crippen LogP contribution in [-0.4, -0.2) is 59.5 Å². The van der Waals surface area contributed by atoms with Gasteiger partial charge in [0.05, 0.1) is 12.0 Å². The zero-order chi connectivity index (χ0) is 21.1. The predicted molar refractivity (Wildman–Crippen MR) is 113 cm³/mol. The van der Waals surface area contributed by atoms with Crippen molar-refractivity contribution in [3.63, 3.8) is 0 Å². The Kier molecular flexibility index (Phi) is 5.70. The van der Waals surface area contributed by atoms with Crippen LogP contribution in [0.3, 0.4) is 0 Å². The number of carbonyl (C=O) groups is 2. The third kappa shape index (κ3) is 3.64. The zero-order valence-corrected chi connectivity index (χ0v) is 17.6. The molecule has 30 heavy (non-hydrogen) atoms. The van der Waals surface area contributed by atoms with E-state index in [0.29, 0.717) is 45.2 Å². The Bertz CT molecular complexity index is 920. The molecule has 0 spiro atoms. The number of amides is 1. The fourth-order valence-corrected chi connectivity index (χ4v) is 4.82. The van der Waals surface area contributed by atoms with Crippen molar-refractivity contribution in [1.29, 1.82) is 0 Å². The summed E-state index contributed by atoms with van der Waals surface area (Å²) in [5.74, 6) is 0.447. The van der Waals surface area contributed by atoms with E-state index in [-0.39, 0.29) is 17.8 Å². The smallest absolute Gasteiger partial charge is 0.314 e. The minimum Gasteiger partial charge on any atom is -0.466 e. The van der Waals surface area contributed by atoms with Gasteiger partial charge in [0.2, 0.25) is 5.95 Å². The molecule has 0 bridgehead atoms. The van der Waals surface area contributed by atoms with Crippen LogP contribution in [0.5, 0.6) is 0 Å². The van der Waals surface area contributed by atoms with Crippen molar-refractivity contribution in [3.05, 3.63) is 53.9 Å². The average Bonchev–Trinajstić information content (AvgIpc) is 3.03. The molecule has 3 heterocycles. The summed E-state index contributed by atoms with van der Waals surface area (Å²) in [7, 11) is 0. The molecule has 0 unspecified atom stereocenters. The molecule has 0 N–H and O–H groups in total. The third-order valence-corrected chi connectivity index (χ3v) is 6.37. The monoisotopic (exact) mass is 408 g/mol. The van der Waals surface area contributed by atoms with Gasteiger partial charge in [0, 0.05) is 50.1 Å². The van der Waals surface area contributed by atoms with E-state index in [9.17, 15) is 9.59 Å². The van der Waals surface area contributed by atoms with Gasteiger partial charge in [-0.25, -0.2) is 9.97 Å². The maximum absolute atomic E-state index is 13.3. The van der Waals surface area contributed by atoms with Crippen LogP contribution in [0.4, 0.5) is 5.95 Å². The molecule has 2 aliphatic heterocycles. The van der Waals surface area contributed by atoms with Crippen LogP contribution in [0, 0.1) is 18.3 Å². The highest BCUT2D eigenvalue weighted by Gasteiger charge is 2.55. The molecule has 1 aromatic carbocycles. The Balaban J connectivity index is 1.63. The van der Waals surface area contributed by atoms with Crippen LogP contribution in [-0.2, 0) is 9.53 Å². The molecule has 0 radical (unpaired) electrons. The molecule has 2 fully saturated rings.